The summed E-state index contributed by atoms with van der Waals surface area (Å²) in [4.78, 5) is 190. The fourth-order valence-electron chi connectivity index (χ4n) is 11.2. The fraction of sp³-hybridized carbons (Fsp3) is 0.419. The normalized spacial score (nSPS) is 17.3. The Morgan fingerprint density at radius 3 is 1.61 bits per heavy atom. The number of aromatic nitrogens is 3. The highest BCUT2D eigenvalue weighted by atomic mass is 16.4. The minimum absolute atomic E-state index is 0.0284. The van der Waals surface area contributed by atoms with Gasteiger partial charge < -0.3 is 100 Å². The predicted octanol–water partition coefficient (Wildman–Crippen LogP) is -4.24. The van der Waals surface area contributed by atoms with Gasteiger partial charge in [-0.25, -0.2) is 9.78 Å². The molecule has 2 aromatic heterocycles. The molecule has 21 N–H and O–H groups in total. The largest absolute Gasteiger partial charge is 0.508 e. The van der Waals surface area contributed by atoms with Crippen molar-refractivity contribution in [3.05, 3.63) is 114 Å². The van der Waals surface area contributed by atoms with E-state index in [1.54, 1.807) is 30.5 Å². The minimum Gasteiger partial charge on any atom is -0.508 e. The number of aromatic amines is 2. The first-order chi connectivity index (χ1) is 45.1. The highest BCUT2D eigenvalue weighted by molar-refractivity contribution is 6.01. The number of benzene rings is 3. The lowest BCUT2D eigenvalue weighted by atomic mass is 10.0. The Hall–Kier alpha value is -11.0. The Morgan fingerprint density at radius 1 is 0.579 bits per heavy atom. The number of imidazole rings is 1. The Bertz CT molecular complexity index is 3620. The number of likely N-dealkylation sites (tertiary alicyclic amines) is 2. The van der Waals surface area contributed by atoms with Gasteiger partial charge in [-0.05, 0) is 86.1 Å². The number of carboxylic acids is 1. The van der Waals surface area contributed by atoms with Gasteiger partial charge in [-0.1, -0.05) is 42.5 Å². The van der Waals surface area contributed by atoms with Crippen LogP contribution in [0, 0.1) is 0 Å². The molecule has 0 unspecified atom stereocenters. The molecule has 3 aromatic carbocycles. The maximum absolute atomic E-state index is 15.2. The van der Waals surface area contributed by atoms with E-state index < -0.39 is 156 Å². The Morgan fingerprint density at radius 2 is 1.07 bits per heavy atom. The van der Waals surface area contributed by atoms with Crippen molar-refractivity contribution in [2.24, 2.45) is 22.9 Å². The second kappa shape index (κ2) is 33.1. The number of fused-ring (bicyclic) bond motifs is 1. The van der Waals surface area contributed by atoms with Crippen molar-refractivity contribution in [2.75, 3.05) is 13.1 Å². The molecule has 0 bridgehead atoms. The number of phenolic OH excluding ortho intramolecular Hbond substituents is 2. The molecule has 0 saturated carbocycles. The number of aromatic hydroxyl groups is 2. The summed E-state index contributed by atoms with van der Waals surface area (Å²) < 4.78 is 0. The standard InChI is InChI=1S/C62H78N16O17/c1-31(79)52(62(94)95)76-58(90)42(23-33-12-16-37(81)17-13-33)74-59(91)47-8-4-20-77(47)61(93)48-9-5-21-78(48)60(92)46(24-34-28-68-40-7-3-2-6-38(34)40)75-57(89)45(27-51(66)84)73-56(88)44(26-50(65)83)72-54(86)41(22-32-10-14-36(80)15-11-32)71-55(87)43(25-35-29-67-30-69-35)70-53(85)39(63)18-19-49(64)82/h2-3,6-7,10-17,28-31,39,41-48,52,68,79-81H,4-5,8-9,18-27,63H2,1H3,(H2,64,82)(H2,65,83)(H2,66,84)(H,67,69)(H,70,85)(H,71,87)(H,72,86)(H,73,88)(H,74,91)(H,75,89)(H,76,90)(H,94,95)/t31-,39+,41+,42+,43+,44+,45+,46+,47+,48+,52+/m1/s1. The van der Waals surface area contributed by atoms with Gasteiger partial charge in [0.2, 0.25) is 70.9 Å². The second-order valence-corrected chi connectivity index (χ2v) is 23.3. The van der Waals surface area contributed by atoms with Crippen LogP contribution in [0.15, 0.2) is 91.5 Å². The highest BCUT2D eigenvalue weighted by Gasteiger charge is 2.45. The van der Waals surface area contributed by atoms with Crippen molar-refractivity contribution in [3.8, 4) is 11.5 Å². The molecule has 0 radical (unpaired) electrons. The summed E-state index contributed by atoms with van der Waals surface area (Å²) in [6.45, 7) is 1.16. The van der Waals surface area contributed by atoms with Gasteiger partial charge in [0.25, 0.3) is 0 Å². The number of primary amides is 3. The first kappa shape index (κ1) is 71.5. The molecule has 33 nitrogen and oxygen atoms in total. The monoisotopic (exact) mass is 1320 g/mol. The summed E-state index contributed by atoms with van der Waals surface area (Å²) in [7, 11) is 0. The lowest BCUT2D eigenvalue weighted by Gasteiger charge is -2.33. The topological polar surface area (TPSA) is 542 Å². The fourth-order valence-corrected chi connectivity index (χ4v) is 11.2. The van der Waals surface area contributed by atoms with E-state index >= 15 is 4.79 Å². The zero-order chi connectivity index (χ0) is 69.2. The quantitative estimate of drug-likeness (QED) is 0.0189. The summed E-state index contributed by atoms with van der Waals surface area (Å²) in [5, 5.41) is 57.7. The summed E-state index contributed by atoms with van der Waals surface area (Å²) >= 11 is 0. The average Bonchev–Trinajstić information content (AvgIpc) is 1.68. The van der Waals surface area contributed by atoms with Crippen LogP contribution in [0.5, 0.6) is 11.5 Å². The maximum Gasteiger partial charge on any atom is 0.328 e. The van der Waals surface area contributed by atoms with Gasteiger partial charge in [-0.3, -0.25) is 57.5 Å². The second-order valence-electron chi connectivity index (χ2n) is 23.3. The lowest BCUT2D eigenvalue weighted by molar-refractivity contribution is -0.148. The molecule has 12 amide bonds. The summed E-state index contributed by atoms with van der Waals surface area (Å²) in [5.41, 5.74) is 24.8. The number of phenols is 2. The molecule has 2 aliphatic rings. The van der Waals surface area contributed by atoms with E-state index in [1.807, 2.05) is 0 Å². The molecule has 0 spiro atoms. The molecule has 4 heterocycles. The zero-order valence-corrected chi connectivity index (χ0v) is 51.7. The molecule has 2 saturated heterocycles. The number of hydrogen-bond acceptors (Lipinski definition) is 18. The summed E-state index contributed by atoms with van der Waals surface area (Å²) in [6.07, 6.45) is 0.124. The number of aliphatic hydroxyl groups excluding tert-OH is 1. The molecular weight excluding hydrogens is 1240 g/mol. The van der Waals surface area contributed by atoms with Gasteiger partial charge in [0.05, 0.1) is 31.3 Å². The molecule has 95 heavy (non-hydrogen) atoms. The van der Waals surface area contributed by atoms with Crippen LogP contribution in [0.3, 0.4) is 0 Å². The third-order valence-electron chi connectivity index (χ3n) is 16.2. The average molecular weight is 1320 g/mol. The predicted molar refractivity (Wildman–Crippen MR) is 334 cm³/mol. The van der Waals surface area contributed by atoms with E-state index in [4.69, 9.17) is 22.9 Å². The number of H-pyrrole nitrogens is 2. The van der Waals surface area contributed by atoms with Crippen molar-refractivity contribution >= 4 is 87.8 Å². The Labute approximate surface area is 542 Å². The highest BCUT2D eigenvalue weighted by Crippen LogP contribution is 2.28. The van der Waals surface area contributed by atoms with Crippen molar-refractivity contribution < 1.29 is 82.8 Å². The number of rotatable bonds is 33. The van der Waals surface area contributed by atoms with E-state index in [-0.39, 0.29) is 82.4 Å². The van der Waals surface area contributed by atoms with E-state index in [0.29, 0.717) is 39.7 Å². The van der Waals surface area contributed by atoms with Crippen LogP contribution in [-0.4, -0.2) is 202 Å². The van der Waals surface area contributed by atoms with Crippen LogP contribution < -0.4 is 60.2 Å². The Kier molecular flexibility index (Phi) is 24.9. The number of aliphatic hydroxyl groups is 1. The third kappa shape index (κ3) is 20.0. The molecule has 33 heteroatoms. The van der Waals surface area contributed by atoms with Crippen molar-refractivity contribution in [1.29, 1.82) is 0 Å². The van der Waals surface area contributed by atoms with E-state index in [0.717, 1.165) is 6.92 Å². The van der Waals surface area contributed by atoms with Crippen LogP contribution in [0.4, 0.5) is 0 Å². The first-order valence-corrected chi connectivity index (χ1v) is 30.5. The van der Waals surface area contributed by atoms with Crippen LogP contribution in [0.25, 0.3) is 10.9 Å². The number of aliphatic carboxylic acids is 1. The van der Waals surface area contributed by atoms with Crippen molar-refractivity contribution in [3.63, 3.8) is 0 Å². The zero-order valence-electron chi connectivity index (χ0n) is 51.7. The molecule has 7 rings (SSSR count). The van der Waals surface area contributed by atoms with Gasteiger partial charge in [-0.2, -0.15) is 0 Å². The van der Waals surface area contributed by atoms with E-state index in [2.05, 4.69) is 52.2 Å². The summed E-state index contributed by atoms with van der Waals surface area (Å²) in [5.74, 6) is -13.5. The van der Waals surface area contributed by atoms with Gasteiger partial charge in [0, 0.05) is 74.2 Å². The maximum atomic E-state index is 15.2. The van der Waals surface area contributed by atoms with Crippen LogP contribution in [0.2, 0.25) is 0 Å². The van der Waals surface area contributed by atoms with Gasteiger partial charge >= 0.3 is 5.97 Å². The van der Waals surface area contributed by atoms with Crippen molar-refractivity contribution in [2.45, 2.75) is 150 Å². The molecule has 508 valence electrons. The van der Waals surface area contributed by atoms with Gasteiger partial charge in [-0.15, -0.1) is 0 Å². The molecule has 11 atom stereocenters. The Balaban J connectivity index is 1.12. The van der Waals surface area contributed by atoms with E-state index in [1.165, 1.54) is 70.9 Å². The van der Waals surface area contributed by atoms with Gasteiger partial charge in [0.1, 0.15) is 59.8 Å². The number of nitrogens with one attached hydrogen (secondary N) is 9. The summed E-state index contributed by atoms with van der Waals surface area (Å²) in [6, 6.07) is 2.49. The number of carboxylic acid groups (broad SMARTS) is 1. The first-order valence-electron chi connectivity index (χ1n) is 30.5. The SMILES string of the molecule is C[C@@H](O)[C@H](NC(=O)[C@H](Cc1ccc(O)cc1)NC(=O)[C@@H]1CCCN1C(=O)[C@@H]1CCCN1C(=O)[C@H](Cc1c[nH]c2ccccc12)NC(=O)[C@H](CC(N)=O)NC(=O)[C@H](CC(N)=O)NC(=O)[C@H](Cc1ccc(O)cc1)NC(=O)[C@H](Cc1cnc[nH]1)NC(=O)[C@@H](N)CCC(N)=O)C(=O)O. The lowest BCUT2D eigenvalue weighted by Crippen LogP contribution is -2.61. The minimum atomic E-state index is -1.95. The number of nitrogens with two attached hydrogens (primary N) is 4. The molecule has 5 aromatic rings. The number of nitrogens with zero attached hydrogens (tertiary/aromatic N) is 3. The smallest absolute Gasteiger partial charge is 0.328 e. The number of carbonyl (C=O) groups excluding carboxylic acids is 12. The van der Waals surface area contributed by atoms with Crippen molar-refractivity contribution in [1.82, 2.24) is 62.0 Å². The molecule has 2 aliphatic heterocycles. The van der Waals surface area contributed by atoms with Crippen LogP contribution >= 0.6 is 0 Å². The number of amides is 12. The molecule has 2 fully saturated rings. The van der Waals surface area contributed by atoms with E-state index in [9.17, 15) is 78.0 Å². The number of para-hydroxylation sites is 1. The van der Waals surface area contributed by atoms with Crippen LogP contribution in [0.1, 0.15) is 80.7 Å². The molecular formula is C62H78N16O17. The number of carbonyl (C=O) groups is 13. The third-order valence-corrected chi connectivity index (χ3v) is 16.2. The molecule has 0 aliphatic carbocycles. The van der Waals surface area contributed by atoms with Crippen LogP contribution in [-0.2, 0) is 88.0 Å². The number of hydrogen-bond donors (Lipinski definition) is 17. The van der Waals surface area contributed by atoms with Gasteiger partial charge in [0.15, 0.2) is 6.04 Å².